The number of benzene rings is 1. The summed E-state index contributed by atoms with van der Waals surface area (Å²) in [5, 5.41) is 5.48. The second-order valence-corrected chi connectivity index (χ2v) is 9.10. The predicted octanol–water partition coefficient (Wildman–Crippen LogP) is 2.54. The van der Waals surface area contributed by atoms with Gasteiger partial charge in [0.05, 0.1) is 10.9 Å². The summed E-state index contributed by atoms with van der Waals surface area (Å²) in [6, 6.07) is 6.99. The number of carbonyl (C=O) groups excluding carboxylic acids is 3. The number of sulfonamides is 1. The van der Waals surface area contributed by atoms with E-state index < -0.39 is 22.1 Å². The van der Waals surface area contributed by atoms with Crippen LogP contribution in [-0.2, 0) is 19.6 Å². The minimum atomic E-state index is -3.50. The van der Waals surface area contributed by atoms with Gasteiger partial charge in [0.25, 0.3) is 0 Å². The van der Waals surface area contributed by atoms with E-state index in [4.69, 9.17) is 0 Å². The monoisotopic (exact) mass is 439 g/mol. The van der Waals surface area contributed by atoms with E-state index in [-0.39, 0.29) is 35.3 Å². The fourth-order valence-corrected chi connectivity index (χ4v) is 3.99. The minimum Gasteiger partial charge on any atom is -0.335 e. The first-order valence-corrected chi connectivity index (χ1v) is 11.8. The Morgan fingerprint density at radius 1 is 0.967 bits per heavy atom. The molecule has 0 fully saturated rings. The lowest BCUT2D eigenvalue weighted by Crippen LogP contribution is -2.48. The maximum atomic E-state index is 12.2. The number of urea groups is 1. The van der Waals surface area contributed by atoms with E-state index in [1.54, 1.807) is 30.3 Å². The van der Waals surface area contributed by atoms with Gasteiger partial charge < -0.3 is 15.4 Å². The first kappa shape index (κ1) is 25.8. The fraction of sp³-hybridized carbons (Fsp3) is 0.571. The highest BCUT2D eigenvalue weighted by molar-refractivity contribution is 7.89. The number of unbranched alkanes of at least 4 members (excludes halogenated alkanes) is 1. The summed E-state index contributed by atoms with van der Waals surface area (Å²) in [7, 11) is -3.50. The van der Waals surface area contributed by atoms with Gasteiger partial charge >= 0.3 is 6.03 Å². The lowest BCUT2D eigenvalue weighted by atomic mass is 10.1. The molecular weight excluding hydrogens is 406 g/mol. The van der Waals surface area contributed by atoms with Crippen LogP contribution < -0.4 is 15.4 Å². The van der Waals surface area contributed by atoms with E-state index in [2.05, 4.69) is 15.4 Å². The first-order valence-electron chi connectivity index (χ1n) is 10.3. The average molecular weight is 440 g/mol. The summed E-state index contributed by atoms with van der Waals surface area (Å²) in [5.41, 5.74) is 0. The second-order valence-electron chi connectivity index (χ2n) is 7.33. The van der Waals surface area contributed by atoms with Gasteiger partial charge in [-0.2, -0.15) is 0 Å². The summed E-state index contributed by atoms with van der Waals surface area (Å²) in [5.74, 6) is -0.220. The van der Waals surface area contributed by atoms with E-state index in [1.165, 1.54) is 13.8 Å². The molecule has 0 aliphatic heterocycles. The molecule has 0 aliphatic rings. The SMILES string of the molecule is CCC(CCCCNS(=O)(=O)c1ccccc1)NC(=O)NC(CCC(C)=O)C(C)=O. The molecule has 2 amide bonds. The van der Waals surface area contributed by atoms with Crippen molar-refractivity contribution in [1.82, 2.24) is 15.4 Å². The van der Waals surface area contributed by atoms with Crippen LogP contribution >= 0.6 is 0 Å². The molecule has 3 N–H and O–H groups in total. The van der Waals surface area contributed by atoms with Crippen LogP contribution in [0, 0.1) is 0 Å². The number of hydrogen-bond donors (Lipinski definition) is 3. The zero-order chi connectivity index (χ0) is 22.6. The lowest BCUT2D eigenvalue weighted by molar-refractivity contribution is -0.119. The van der Waals surface area contributed by atoms with Crippen LogP contribution in [0.15, 0.2) is 35.2 Å². The van der Waals surface area contributed by atoms with Crippen LogP contribution in [0.5, 0.6) is 0 Å². The molecule has 2 unspecified atom stereocenters. The normalized spacial score (nSPS) is 13.3. The Labute approximate surface area is 179 Å². The lowest BCUT2D eigenvalue weighted by Gasteiger charge is -2.20. The van der Waals surface area contributed by atoms with E-state index in [0.29, 0.717) is 25.8 Å². The van der Waals surface area contributed by atoms with Crippen molar-refractivity contribution in [2.45, 2.75) is 76.3 Å². The Hall–Kier alpha value is -2.26. The summed E-state index contributed by atoms with van der Waals surface area (Å²) in [6.07, 6.45) is 3.30. The molecule has 0 aliphatic carbocycles. The largest absolute Gasteiger partial charge is 0.335 e. The Morgan fingerprint density at radius 2 is 1.63 bits per heavy atom. The van der Waals surface area contributed by atoms with Crippen molar-refractivity contribution in [3.63, 3.8) is 0 Å². The van der Waals surface area contributed by atoms with Crippen LogP contribution in [0.3, 0.4) is 0 Å². The standard InChI is InChI=1S/C21H33N3O5S/c1-4-18(23-21(27)24-20(17(3)26)14-13-16(2)25)10-8-9-15-22-30(28,29)19-11-6-5-7-12-19/h5-7,11-12,18,20,22H,4,8-10,13-15H2,1-3H3,(H2,23,24,27). The zero-order valence-corrected chi connectivity index (χ0v) is 18.8. The van der Waals surface area contributed by atoms with Crippen LogP contribution in [0.4, 0.5) is 4.79 Å². The van der Waals surface area contributed by atoms with Gasteiger partial charge in [-0.25, -0.2) is 17.9 Å². The summed E-state index contributed by atoms with van der Waals surface area (Å²) in [6.45, 7) is 5.10. The Kier molecular flexibility index (Phi) is 11.3. The number of amides is 2. The summed E-state index contributed by atoms with van der Waals surface area (Å²) >= 11 is 0. The molecule has 9 heteroatoms. The Bertz CT molecular complexity index is 796. The highest BCUT2D eigenvalue weighted by atomic mass is 32.2. The van der Waals surface area contributed by atoms with Crippen LogP contribution in [-0.4, -0.2) is 44.6 Å². The fourth-order valence-electron chi connectivity index (χ4n) is 2.89. The third-order valence-corrected chi connectivity index (χ3v) is 6.21. The molecule has 0 aromatic heterocycles. The molecule has 0 heterocycles. The van der Waals surface area contributed by atoms with Gasteiger partial charge in [-0.1, -0.05) is 31.5 Å². The molecule has 0 bridgehead atoms. The van der Waals surface area contributed by atoms with Gasteiger partial charge in [0.1, 0.15) is 5.78 Å². The number of rotatable bonds is 14. The molecule has 8 nitrogen and oxygen atoms in total. The van der Waals surface area contributed by atoms with E-state index >= 15 is 0 Å². The molecular formula is C21H33N3O5S. The van der Waals surface area contributed by atoms with Crippen molar-refractivity contribution >= 4 is 27.6 Å². The number of ketones is 2. The summed E-state index contributed by atoms with van der Waals surface area (Å²) < 4.78 is 26.9. The highest BCUT2D eigenvalue weighted by Crippen LogP contribution is 2.09. The molecule has 168 valence electrons. The molecule has 30 heavy (non-hydrogen) atoms. The first-order chi connectivity index (χ1) is 14.2. The number of carbonyl (C=O) groups is 3. The molecule has 1 aromatic carbocycles. The number of nitrogens with one attached hydrogen (secondary N) is 3. The number of hydrogen-bond acceptors (Lipinski definition) is 5. The van der Waals surface area contributed by atoms with Gasteiger partial charge in [0.15, 0.2) is 5.78 Å². The number of Topliss-reactive ketones (excluding diaryl/α,β-unsaturated/α-hetero) is 2. The molecule has 1 rings (SSSR count). The third kappa shape index (κ3) is 9.98. The molecule has 1 aromatic rings. The van der Waals surface area contributed by atoms with E-state index in [0.717, 1.165) is 6.42 Å². The smallest absolute Gasteiger partial charge is 0.315 e. The van der Waals surface area contributed by atoms with Crippen LogP contribution in [0.25, 0.3) is 0 Å². The molecule has 2 atom stereocenters. The second kappa shape index (κ2) is 13.1. The van der Waals surface area contributed by atoms with Crippen molar-refractivity contribution in [3.8, 4) is 0 Å². The maximum Gasteiger partial charge on any atom is 0.315 e. The minimum absolute atomic E-state index is 0.0298. The van der Waals surface area contributed by atoms with E-state index in [9.17, 15) is 22.8 Å². The summed E-state index contributed by atoms with van der Waals surface area (Å²) in [4.78, 5) is 35.2. The highest BCUT2D eigenvalue weighted by Gasteiger charge is 2.19. The van der Waals surface area contributed by atoms with Crippen molar-refractivity contribution in [3.05, 3.63) is 30.3 Å². The van der Waals surface area contributed by atoms with Crippen LogP contribution in [0.2, 0.25) is 0 Å². The van der Waals surface area contributed by atoms with Crippen LogP contribution in [0.1, 0.15) is 59.3 Å². The van der Waals surface area contributed by atoms with Gasteiger partial charge in [-0.3, -0.25) is 4.79 Å². The quantitative estimate of drug-likeness (QED) is 0.385. The van der Waals surface area contributed by atoms with Crippen molar-refractivity contribution in [2.75, 3.05) is 6.54 Å². The van der Waals surface area contributed by atoms with Gasteiger partial charge in [0.2, 0.25) is 10.0 Å². The molecule has 0 saturated carbocycles. The Morgan fingerprint density at radius 3 is 2.20 bits per heavy atom. The predicted molar refractivity (Wildman–Crippen MR) is 116 cm³/mol. The van der Waals surface area contributed by atoms with Crippen molar-refractivity contribution in [2.24, 2.45) is 0 Å². The topological polar surface area (TPSA) is 121 Å². The van der Waals surface area contributed by atoms with Crippen molar-refractivity contribution in [1.29, 1.82) is 0 Å². The zero-order valence-electron chi connectivity index (χ0n) is 17.9. The molecule has 0 saturated heterocycles. The molecule has 0 radical (unpaired) electrons. The van der Waals surface area contributed by atoms with Crippen molar-refractivity contribution < 1.29 is 22.8 Å². The van der Waals surface area contributed by atoms with Gasteiger partial charge in [-0.05, 0) is 51.7 Å². The average Bonchev–Trinajstić information content (AvgIpc) is 2.70. The third-order valence-electron chi connectivity index (χ3n) is 4.73. The van der Waals surface area contributed by atoms with E-state index in [1.807, 2.05) is 6.92 Å². The molecule has 0 spiro atoms. The maximum absolute atomic E-state index is 12.2. The van der Waals surface area contributed by atoms with Gasteiger partial charge in [-0.15, -0.1) is 0 Å². The Balaban J connectivity index is 2.37. The van der Waals surface area contributed by atoms with Gasteiger partial charge in [0, 0.05) is 19.0 Å².